The number of aromatic nitrogens is 1. The maximum atomic E-state index is 12.9. The Kier molecular flexibility index (Phi) is 7.42. The molecule has 0 unspecified atom stereocenters. The average molecular weight is 504 g/mol. The zero-order valence-corrected chi connectivity index (χ0v) is 21.4. The van der Waals surface area contributed by atoms with Crippen molar-refractivity contribution in [3.63, 3.8) is 0 Å². The summed E-state index contributed by atoms with van der Waals surface area (Å²) >= 11 is 1.52. The Morgan fingerprint density at radius 1 is 1.03 bits per heavy atom. The highest BCUT2D eigenvalue weighted by atomic mass is 32.2. The third-order valence-corrected chi connectivity index (χ3v) is 8.36. The van der Waals surface area contributed by atoms with Crippen molar-refractivity contribution in [2.24, 2.45) is 4.99 Å². The second-order valence-corrected chi connectivity index (χ2v) is 10.8. The van der Waals surface area contributed by atoms with Gasteiger partial charge in [-0.25, -0.2) is 13.4 Å². The van der Waals surface area contributed by atoms with Crippen molar-refractivity contribution in [1.29, 1.82) is 0 Å². The van der Waals surface area contributed by atoms with Gasteiger partial charge in [-0.3, -0.25) is 0 Å². The lowest BCUT2D eigenvalue weighted by molar-refractivity contribution is 0.0730. The van der Waals surface area contributed by atoms with Crippen LogP contribution in [0.2, 0.25) is 0 Å². The molecule has 0 spiro atoms. The second-order valence-electron chi connectivity index (χ2n) is 8.06. The Morgan fingerprint density at radius 3 is 2.35 bits per heavy atom. The normalized spacial score (nSPS) is 15.6. The summed E-state index contributed by atoms with van der Waals surface area (Å²) in [4.78, 5) is 5.89. The molecule has 10 heteroatoms. The van der Waals surface area contributed by atoms with Crippen LogP contribution in [-0.2, 0) is 14.8 Å². The van der Waals surface area contributed by atoms with E-state index in [9.17, 15) is 8.42 Å². The predicted molar refractivity (Wildman–Crippen MR) is 132 cm³/mol. The largest absolute Gasteiger partial charge is 0.497 e. The summed E-state index contributed by atoms with van der Waals surface area (Å²) in [5, 5.41) is 2.05. The van der Waals surface area contributed by atoms with Gasteiger partial charge in [-0.15, -0.1) is 11.3 Å². The molecule has 182 valence electrons. The molecule has 1 aliphatic heterocycles. The first-order valence-electron chi connectivity index (χ1n) is 11.0. The van der Waals surface area contributed by atoms with E-state index in [-0.39, 0.29) is 10.9 Å². The van der Waals surface area contributed by atoms with Crippen molar-refractivity contribution in [1.82, 2.24) is 8.87 Å². The third-order valence-electron chi connectivity index (χ3n) is 5.61. The molecule has 0 bridgehead atoms. The summed E-state index contributed by atoms with van der Waals surface area (Å²) in [6.07, 6.45) is 0. The van der Waals surface area contributed by atoms with Crippen molar-refractivity contribution >= 4 is 27.0 Å². The molecule has 1 aliphatic rings. The number of thiazole rings is 1. The summed E-state index contributed by atoms with van der Waals surface area (Å²) in [6, 6.07) is 12.6. The van der Waals surface area contributed by atoms with Gasteiger partial charge in [-0.05, 0) is 56.3 Å². The van der Waals surface area contributed by atoms with E-state index in [2.05, 4.69) is 18.4 Å². The fraction of sp³-hybridized carbons (Fsp3) is 0.375. The number of hydrogen-bond acceptors (Lipinski definition) is 7. The van der Waals surface area contributed by atoms with Gasteiger partial charge < -0.3 is 18.8 Å². The van der Waals surface area contributed by atoms with E-state index in [1.54, 1.807) is 38.5 Å². The Morgan fingerprint density at radius 2 is 1.74 bits per heavy atom. The van der Waals surface area contributed by atoms with Crippen LogP contribution in [0, 0.1) is 0 Å². The van der Waals surface area contributed by atoms with E-state index in [0.717, 1.165) is 27.6 Å². The Balaban J connectivity index is 1.71. The van der Waals surface area contributed by atoms with Crippen molar-refractivity contribution in [3.05, 3.63) is 52.6 Å². The first-order chi connectivity index (χ1) is 16.3. The van der Waals surface area contributed by atoms with Crippen LogP contribution in [0.1, 0.15) is 19.9 Å². The number of sulfonamides is 1. The molecule has 1 fully saturated rings. The van der Waals surface area contributed by atoms with E-state index in [4.69, 9.17) is 19.2 Å². The van der Waals surface area contributed by atoms with Crippen LogP contribution >= 0.6 is 11.3 Å². The molecule has 0 saturated carbocycles. The van der Waals surface area contributed by atoms with Crippen LogP contribution in [0.4, 0.5) is 5.69 Å². The molecule has 2 heterocycles. The maximum Gasteiger partial charge on any atom is 0.243 e. The second kappa shape index (κ2) is 10.3. The molecule has 0 radical (unpaired) electrons. The van der Waals surface area contributed by atoms with Crippen LogP contribution in [0.3, 0.4) is 0 Å². The van der Waals surface area contributed by atoms with Gasteiger partial charge in [0.2, 0.25) is 10.0 Å². The van der Waals surface area contributed by atoms with Gasteiger partial charge in [-0.1, -0.05) is 0 Å². The quantitative estimate of drug-likeness (QED) is 0.486. The molecule has 34 heavy (non-hydrogen) atoms. The van der Waals surface area contributed by atoms with E-state index in [1.807, 2.05) is 23.6 Å². The molecule has 1 saturated heterocycles. The molecule has 0 atom stereocenters. The van der Waals surface area contributed by atoms with E-state index in [1.165, 1.54) is 15.6 Å². The zero-order valence-electron chi connectivity index (χ0n) is 19.7. The zero-order chi connectivity index (χ0) is 24.3. The van der Waals surface area contributed by atoms with Crippen molar-refractivity contribution < 1.29 is 22.6 Å². The van der Waals surface area contributed by atoms with E-state index in [0.29, 0.717) is 32.0 Å². The summed E-state index contributed by atoms with van der Waals surface area (Å²) in [5.41, 5.74) is 2.57. The fourth-order valence-corrected chi connectivity index (χ4v) is 6.30. The third kappa shape index (κ3) is 4.90. The standard InChI is InChI=1S/C24H29N3O5S2/c1-17(2)27-22(21-15-19(30-3)7-10-23(21)31-4)16-33-24(27)25-18-5-8-20(9-6-18)34(28,29)26-11-13-32-14-12-26/h5-10,15-17H,11-14H2,1-4H3. The topological polar surface area (TPSA) is 82.4 Å². The minimum Gasteiger partial charge on any atom is -0.497 e. The van der Waals surface area contributed by atoms with Gasteiger partial charge in [0.05, 0.1) is 43.7 Å². The molecule has 0 amide bonds. The first-order valence-corrected chi connectivity index (χ1v) is 13.3. The maximum absolute atomic E-state index is 12.9. The number of nitrogens with zero attached hydrogens (tertiary/aromatic N) is 3. The van der Waals surface area contributed by atoms with Crippen molar-refractivity contribution in [2.75, 3.05) is 40.5 Å². The van der Waals surface area contributed by atoms with Crippen LogP contribution < -0.4 is 14.3 Å². The summed E-state index contributed by atoms with van der Waals surface area (Å²) in [7, 11) is -0.250. The average Bonchev–Trinajstić information content (AvgIpc) is 3.28. The fourth-order valence-electron chi connectivity index (χ4n) is 3.85. The minimum absolute atomic E-state index is 0.136. The van der Waals surface area contributed by atoms with Crippen molar-refractivity contribution in [2.45, 2.75) is 24.8 Å². The van der Waals surface area contributed by atoms with E-state index < -0.39 is 10.0 Å². The van der Waals surface area contributed by atoms with E-state index >= 15 is 0 Å². The smallest absolute Gasteiger partial charge is 0.243 e. The SMILES string of the molecule is COc1ccc(OC)c(-c2csc(=Nc3ccc(S(=O)(=O)N4CCOCC4)cc3)n2C(C)C)c1. The molecule has 3 aromatic rings. The summed E-state index contributed by atoms with van der Waals surface area (Å²) in [5.74, 6) is 1.49. The first kappa shape index (κ1) is 24.5. The molecule has 0 N–H and O–H groups in total. The monoisotopic (exact) mass is 503 g/mol. The van der Waals surface area contributed by atoms with Gasteiger partial charge in [0, 0.05) is 30.1 Å². The number of rotatable bonds is 7. The molecule has 8 nitrogen and oxygen atoms in total. The van der Waals surface area contributed by atoms with Crippen LogP contribution in [0.25, 0.3) is 11.3 Å². The number of benzene rings is 2. The van der Waals surface area contributed by atoms with Crippen LogP contribution in [-0.4, -0.2) is 57.8 Å². The number of hydrogen-bond donors (Lipinski definition) is 0. The van der Waals surface area contributed by atoms with Crippen LogP contribution in [0.5, 0.6) is 11.5 Å². The van der Waals surface area contributed by atoms with Gasteiger partial charge >= 0.3 is 0 Å². The predicted octanol–water partition coefficient (Wildman–Crippen LogP) is 4.07. The van der Waals surface area contributed by atoms with Crippen LogP contribution in [0.15, 0.2) is 57.7 Å². The highest BCUT2D eigenvalue weighted by Gasteiger charge is 2.26. The Bertz CT molecular complexity index is 1310. The van der Waals surface area contributed by atoms with Crippen molar-refractivity contribution in [3.8, 4) is 22.8 Å². The summed E-state index contributed by atoms with van der Waals surface area (Å²) in [6.45, 7) is 5.77. The molecular weight excluding hydrogens is 474 g/mol. The lowest BCUT2D eigenvalue weighted by Crippen LogP contribution is -2.40. The minimum atomic E-state index is -3.54. The molecule has 4 rings (SSSR count). The highest BCUT2D eigenvalue weighted by molar-refractivity contribution is 7.89. The lowest BCUT2D eigenvalue weighted by atomic mass is 10.1. The number of methoxy groups -OCH3 is 2. The molecule has 1 aromatic heterocycles. The molecule has 2 aromatic carbocycles. The van der Waals surface area contributed by atoms with Gasteiger partial charge in [0.25, 0.3) is 0 Å². The number of morpholine rings is 1. The van der Waals surface area contributed by atoms with Gasteiger partial charge in [-0.2, -0.15) is 4.31 Å². The Labute approximate surface area is 204 Å². The summed E-state index contributed by atoms with van der Waals surface area (Å²) < 4.78 is 45.7. The van der Waals surface area contributed by atoms with Gasteiger partial charge in [0.15, 0.2) is 4.80 Å². The molecule has 0 aliphatic carbocycles. The number of ether oxygens (including phenoxy) is 3. The molecular formula is C24H29N3O5S2. The van der Waals surface area contributed by atoms with Gasteiger partial charge in [0.1, 0.15) is 11.5 Å². The highest BCUT2D eigenvalue weighted by Crippen LogP contribution is 2.35. The lowest BCUT2D eigenvalue weighted by Gasteiger charge is -2.26. The Hall–Kier alpha value is -2.66.